The Kier molecular flexibility index (Phi) is 4.50. The molecule has 0 aromatic heterocycles. The summed E-state index contributed by atoms with van der Waals surface area (Å²) in [5.74, 6) is 0. The van der Waals surface area contributed by atoms with Crippen LogP contribution < -0.4 is 5.32 Å². The van der Waals surface area contributed by atoms with E-state index in [0.717, 1.165) is 19.6 Å². The normalized spacial score (nSPS) is 10.7. The van der Waals surface area contributed by atoms with Gasteiger partial charge in [-0.05, 0) is 26.1 Å². The van der Waals surface area contributed by atoms with E-state index in [1.807, 2.05) is 7.05 Å². The van der Waals surface area contributed by atoms with Crippen molar-refractivity contribution < 1.29 is 0 Å². The van der Waals surface area contributed by atoms with Gasteiger partial charge < -0.3 is 5.32 Å². The second kappa shape index (κ2) is 5.73. The predicted octanol–water partition coefficient (Wildman–Crippen LogP) is 1.34. The van der Waals surface area contributed by atoms with E-state index in [9.17, 15) is 0 Å². The molecule has 72 valence electrons. The molecule has 13 heavy (non-hydrogen) atoms. The molecule has 0 aliphatic rings. The minimum absolute atomic E-state index is 0.951. The van der Waals surface area contributed by atoms with Crippen molar-refractivity contribution in [2.24, 2.45) is 0 Å². The van der Waals surface area contributed by atoms with Gasteiger partial charge >= 0.3 is 0 Å². The highest BCUT2D eigenvalue weighted by atomic mass is 15.2. The number of rotatable bonds is 5. The minimum atomic E-state index is 0.951. The first-order chi connectivity index (χ1) is 6.33. The van der Waals surface area contributed by atoms with Gasteiger partial charge in [-0.2, -0.15) is 0 Å². The Morgan fingerprint density at radius 1 is 1.23 bits per heavy atom. The maximum Gasteiger partial charge on any atom is 0.0475 e. The van der Waals surface area contributed by atoms with Gasteiger partial charge in [-0.1, -0.05) is 30.3 Å². The fourth-order valence-electron chi connectivity index (χ4n) is 1.31. The average molecular weight is 178 g/mol. The van der Waals surface area contributed by atoms with Crippen molar-refractivity contribution in [3.05, 3.63) is 35.9 Å². The summed E-state index contributed by atoms with van der Waals surface area (Å²) in [5, 5.41) is 3.13. The van der Waals surface area contributed by atoms with E-state index in [-0.39, 0.29) is 0 Å². The molecule has 0 radical (unpaired) electrons. The van der Waals surface area contributed by atoms with E-state index < -0.39 is 0 Å². The molecule has 2 heteroatoms. The fraction of sp³-hybridized carbons (Fsp3) is 0.455. The molecule has 1 rings (SSSR count). The number of nitrogens with one attached hydrogen (secondary N) is 1. The van der Waals surface area contributed by atoms with E-state index in [2.05, 4.69) is 47.6 Å². The second-order valence-electron chi connectivity index (χ2n) is 3.33. The summed E-state index contributed by atoms with van der Waals surface area (Å²) >= 11 is 0. The molecule has 0 heterocycles. The van der Waals surface area contributed by atoms with Crippen LogP contribution in [0.4, 0.5) is 0 Å². The van der Waals surface area contributed by atoms with Crippen LogP contribution in [0.2, 0.25) is 0 Å². The monoisotopic (exact) mass is 178 g/mol. The highest BCUT2D eigenvalue weighted by Gasteiger charge is 1.96. The Labute approximate surface area is 80.6 Å². The zero-order chi connectivity index (χ0) is 9.52. The van der Waals surface area contributed by atoms with Crippen molar-refractivity contribution in [1.29, 1.82) is 0 Å². The standard InChI is InChI=1S/C11H18N2/c1-12-10-13(2)9-8-11-6-4-3-5-7-11/h3-7,12H,8-10H2,1-2H3. The van der Waals surface area contributed by atoms with Gasteiger partial charge in [0.1, 0.15) is 0 Å². The largest absolute Gasteiger partial charge is 0.307 e. The van der Waals surface area contributed by atoms with Crippen LogP contribution in [0.25, 0.3) is 0 Å². The molecule has 1 N–H and O–H groups in total. The van der Waals surface area contributed by atoms with E-state index in [1.54, 1.807) is 0 Å². The summed E-state index contributed by atoms with van der Waals surface area (Å²) < 4.78 is 0. The van der Waals surface area contributed by atoms with Crippen molar-refractivity contribution in [1.82, 2.24) is 10.2 Å². The van der Waals surface area contributed by atoms with Gasteiger partial charge in [0.15, 0.2) is 0 Å². The summed E-state index contributed by atoms with van der Waals surface area (Å²) in [7, 11) is 4.10. The van der Waals surface area contributed by atoms with Gasteiger partial charge in [-0.15, -0.1) is 0 Å². The van der Waals surface area contributed by atoms with Gasteiger partial charge in [0.2, 0.25) is 0 Å². The molecule has 0 fully saturated rings. The number of nitrogens with zero attached hydrogens (tertiary/aromatic N) is 1. The SMILES string of the molecule is CNCN(C)CCc1ccccc1. The van der Waals surface area contributed by atoms with Crippen molar-refractivity contribution in [3.8, 4) is 0 Å². The summed E-state index contributed by atoms with van der Waals surface area (Å²) in [6, 6.07) is 10.6. The molecule has 2 nitrogen and oxygen atoms in total. The molecule has 0 aliphatic heterocycles. The Morgan fingerprint density at radius 2 is 1.92 bits per heavy atom. The molecule has 0 saturated carbocycles. The van der Waals surface area contributed by atoms with Crippen molar-refractivity contribution in [2.45, 2.75) is 6.42 Å². The molecule has 0 spiro atoms. The third-order valence-electron chi connectivity index (χ3n) is 2.05. The number of hydrogen-bond donors (Lipinski definition) is 1. The molecule has 0 amide bonds. The number of hydrogen-bond acceptors (Lipinski definition) is 2. The molecule has 0 atom stereocenters. The van der Waals surface area contributed by atoms with Crippen LogP contribution in [0, 0.1) is 0 Å². The zero-order valence-electron chi connectivity index (χ0n) is 8.46. The van der Waals surface area contributed by atoms with Gasteiger partial charge in [-0.25, -0.2) is 0 Å². The predicted molar refractivity (Wildman–Crippen MR) is 56.7 cm³/mol. The van der Waals surface area contributed by atoms with Gasteiger partial charge in [0.25, 0.3) is 0 Å². The molecule has 0 bridgehead atoms. The summed E-state index contributed by atoms with van der Waals surface area (Å²) in [4.78, 5) is 2.27. The smallest absolute Gasteiger partial charge is 0.0475 e. The highest BCUT2D eigenvalue weighted by molar-refractivity contribution is 5.14. The van der Waals surface area contributed by atoms with Gasteiger partial charge in [0.05, 0.1) is 0 Å². The summed E-state index contributed by atoms with van der Waals surface area (Å²) in [6.45, 7) is 2.05. The van der Waals surface area contributed by atoms with Crippen LogP contribution in [0.5, 0.6) is 0 Å². The van der Waals surface area contributed by atoms with Crippen LogP contribution >= 0.6 is 0 Å². The van der Waals surface area contributed by atoms with E-state index in [4.69, 9.17) is 0 Å². The molecule has 1 aromatic carbocycles. The topological polar surface area (TPSA) is 15.3 Å². The Bertz CT molecular complexity index is 221. The Hall–Kier alpha value is -0.860. The van der Waals surface area contributed by atoms with Crippen molar-refractivity contribution >= 4 is 0 Å². The molecular weight excluding hydrogens is 160 g/mol. The Balaban J connectivity index is 2.27. The molecule has 0 unspecified atom stereocenters. The number of benzene rings is 1. The van der Waals surface area contributed by atoms with Gasteiger partial charge in [0, 0.05) is 13.2 Å². The first kappa shape index (κ1) is 10.2. The van der Waals surface area contributed by atoms with E-state index in [0.29, 0.717) is 0 Å². The lowest BCUT2D eigenvalue weighted by Gasteiger charge is -2.15. The zero-order valence-corrected chi connectivity index (χ0v) is 8.46. The van der Waals surface area contributed by atoms with Gasteiger partial charge in [-0.3, -0.25) is 4.90 Å². The number of likely N-dealkylation sites (N-methyl/N-ethyl adjacent to an activating group) is 1. The summed E-state index contributed by atoms with van der Waals surface area (Å²) in [6.07, 6.45) is 1.12. The van der Waals surface area contributed by atoms with E-state index >= 15 is 0 Å². The quantitative estimate of drug-likeness (QED) is 0.684. The molecule has 0 aliphatic carbocycles. The van der Waals surface area contributed by atoms with Crippen LogP contribution in [0.1, 0.15) is 5.56 Å². The lowest BCUT2D eigenvalue weighted by atomic mass is 10.1. The second-order valence-corrected chi connectivity index (χ2v) is 3.33. The van der Waals surface area contributed by atoms with Crippen LogP contribution in [0.3, 0.4) is 0 Å². The fourth-order valence-corrected chi connectivity index (χ4v) is 1.31. The average Bonchev–Trinajstić information content (AvgIpc) is 2.17. The van der Waals surface area contributed by atoms with Crippen LogP contribution in [-0.4, -0.2) is 32.2 Å². The lowest BCUT2D eigenvalue weighted by molar-refractivity contribution is 0.321. The summed E-state index contributed by atoms with van der Waals surface area (Å²) in [5.41, 5.74) is 1.41. The van der Waals surface area contributed by atoms with Crippen LogP contribution in [0.15, 0.2) is 30.3 Å². The molecule has 0 saturated heterocycles. The van der Waals surface area contributed by atoms with E-state index in [1.165, 1.54) is 5.56 Å². The van der Waals surface area contributed by atoms with Crippen LogP contribution in [-0.2, 0) is 6.42 Å². The maximum absolute atomic E-state index is 3.13. The molecule has 1 aromatic rings. The third kappa shape index (κ3) is 4.06. The lowest BCUT2D eigenvalue weighted by Crippen LogP contribution is -2.30. The first-order valence-electron chi connectivity index (χ1n) is 4.70. The Morgan fingerprint density at radius 3 is 2.54 bits per heavy atom. The molecular formula is C11H18N2. The minimum Gasteiger partial charge on any atom is -0.307 e. The first-order valence-corrected chi connectivity index (χ1v) is 4.70. The van der Waals surface area contributed by atoms with Crippen molar-refractivity contribution in [2.75, 3.05) is 27.3 Å². The third-order valence-corrected chi connectivity index (χ3v) is 2.05. The maximum atomic E-state index is 3.13. The highest BCUT2D eigenvalue weighted by Crippen LogP contribution is 1.99. The van der Waals surface area contributed by atoms with Crippen molar-refractivity contribution in [3.63, 3.8) is 0 Å².